The maximum absolute atomic E-state index is 13.1. The Balaban J connectivity index is 1.10. The van der Waals surface area contributed by atoms with Crippen LogP contribution in [0, 0.1) is 38.7 Å². The van der Waals surface area contributed by atoms with Crippen LogP contribution in [0.5, 0.6) is 0 Å². The zero-order valence-electron chi connectivity index (χ0n) is 31.7. The van der Waals surface area contributed by atoms with Gasteiger partial charge < -0.3 is 24.8 Å². The first-order chi connectivity index (χ1) is 27.6. The number of nitrogen functional groups attached to an aromatic ring is 1. The van der Waals surface area contributed by atoms with E-state index in [-0.39, 0.29) is 29.9 Å². The van der Waals surface area contributed by atoms with E-state index in [4.69, 9.17) is 35.2 Å². The molecular formula is C40H41N11O5S. The fourth-order valence-corrected chi connectivity index (χ4v) is 11.0. The van der Waals surface area contributed by atoms with E-state index in [1.165, 1.54) is 35.6 Å². The molecule has 0 bridgehead atoms. The first-order valence-electron chi connectivity index (χ1n) is 19.5. The third-order valence-electron chi connectivity index (χ3n) is 12.6. The molecule has 292 valence electrons. The normalized spacial score (nSPS) is 23.8. The number of fused-ring (bicyclic) bond motifs is 5. The summed E-state index contributed by atoms with van der Waals surface area (Å²) in [6, 6.07) is 10.2. The SMILES string of the molecule is C[C@@H]([C@@H]1CCCN1C)n1ncc2c(N3CC[C@H](OC(=O)c4ccc([N+](=O)[O-])cc4)[C@H](C#N)C3)nc(-c3noc4c3CCC[C@@]43CCCc4sc(N)c(C#N)c43)nc21. The van der Waals surface area contributed by atoms with Gasteiger partial charge in [-0.05, 0) is 89.6 Å². The van der Waals surface area contributed by atoms with E-state index < -0.39 is 28.3 Å². The van der Waals surface area contributed by atoms with E-state index in [1.54, 1.807) is 6.20 Å². The number of non-ortho nitro benzene ring substituents is 1. The van der Waals surface area contributed by atoms with Gasteiger partial charge in [0, 0.05) is 48.1 Å². The van der Waals surface area contributed by atoms with Crippen LogP contribution >= 0.6 is 11.3 Å². The minimum atomic E-state index is -0.699. The highest BCUT2D eigenvalue weighted by molar-refractivity contribution is 7.16. The van der Waals surface area contributed by atoms with E-state index in [9.17, 15) is 25.4 Å². The lowest BCUT2D eigenvalue weighted by molar-refractivity contribution is -0.384. The molecule has 9 rings (SSSR count). The number of likely N-dealkylation sites (N-methyl/N-ethyl adjacent to an activating group) is 1. The van der Waals surface area contributed by atoms with Crippen molar-refractivity contribution in [2.45, 2.75) is 88.3 Å². The van der Waals surface area contributed by atoms with Crippen LogP contribution in [0.15, 0.2) is 35.0 Å². The second-order valence-electron chi connectivity index (χ2n) is 15.7. The first kappa shape index (κ1) is 36.7. The van der Waals surface area contributed by atoms with Crippen LogP contribution < -0.4 is 10.6 Å². The number of nitriles is 2. The summed E-state index contributed by atoms with van der Waals surface area (Å²) >= 11 is 1.50. The van der Waals surface area contributed by atoms with Crippen LogP contribution in [0.4, 0.5) is 16.5 Å². The summed E-state index contributed by atoms with van der Waals surface area (Å²) in [4.78, 5) is 39.6. The molecule has 2 saturated heterocycles. The number of rotatable bonds is 7. The minimum Gasteiger partial charge on any atom is -0.457 e. The topological polar surface area (TPSA) is 219 Å². The molecule has 2 aliphatic carbocycles. The number of ether oxygens (including phenoxy) is 1. The van der Waals surface area contributed by atoms with Crippen molar-refractivity contribution in [3.05, 3.63) is 73.5 Å². The lowest BCUT2D eigenvalue weighted by atomic mass is 9.63. The van der Waals surface area contributed by atoms with Gasteiger partial charge in [0.1, 0.15) is 28.9 Å². The molecule has 0 radical (unpaired) electrons. The predicted octanol–water partition coefficient (Wildman–Crippen LogP) is 6.09. The number of nitro groups is 1. The minimum absolute atomic E-state index is 0.00521. The Morgan fingerprint density at radius 3 is 2.65 bits per heavy atom. The zero-order valence-corrected chi connectivity index (χ0v) is 32.5. The van der Waals surface area contributed by atoms with Crippen molar-refractivity contribution in [1.82, 2.24) is 29.8 Å². The Kier molecular flexibility index (Phi) is 9.17. The van der Waals surface area contributed by atoms with E-state index in [0.717, 1.165) is 78.6 Å². The fourth-order valence-electron chi connectivity index (χ4n) is 9.79. The van der Waals surface area contributed by atoms with Crippen molar-refractivity contribution in [3.8, 4) is 23.7 Å². The summed E-state index contributed by atoms with van der Waals surface area (Å²) < 4.78 is 14.2. The molecule has 1 aromatic carbocycles. The third-order valence-corrected chi connectivity index (χ3v) is 13.7. The molecule has 2 aliphatic heterocycles. The number of hydrogen-bond acceptors (Lipinski definition) is 15. The van der Waals surface area contributed by atoms with E-state index in [1.807, 2.05) is 9.58 Å². The van der Waals surface area contributed by atoms with Crippen molar-refractivity contribution in [2.75, 3.05) is 37.3 Å². The number of nitrogens with zero attached hydrogens (tertiary/aromatic N) is 10. The van der Waals surface area contributed by atoms with Crippen molar-refractivity contribution in [1.29, 1.82) is 10.5 Å². The molecule has 5 atom stereocenters. The standard InChI is InChI=1S/C40H41N11O5S/c1-22(29-7-5-16-48(29)2)50-38-28(20-44-50)37(49-17-13-30(24(18-41)21-49)55-39(52)23-9-11-25(12-10-23)51(53)54)45-36(46-38)33-26-6-3-14-40(34(26)56-47-33)15-4-8-31-32(40)27(19-42)35(43)57-31/h9-12,20,22,24,29-30H,3-8,13-17,21,43H2,1-2H3/t22-,24+,29-,30-,40-/m0/s1. The number of thiophene rings is 1. The van der Waals surface area contributed by atoms with Crippen LogP contribution in [0.3, 0.4) is 0 Å². The quantitative estimate of drug-likeness (QED) is 0.112. The molecule has 2 fully saturated rings. The summed E-state index contributed by atoms with van der Waals surface area (Å²) in [7, 11) is 2.14. The lowest BCUT2D eigenvalue weighted by Gasteiger charge is -2.39. The fraction of sp³-hybridized carbons (Fsp3) is 0.475. The van der Waals surface area contributed by atoms with Gasteiger partial charge in [-0.15, -0.1) is 11.3 Å². The third kappa shape index (κ3) is 5.99. The van der Waals surface area contributed by atoms with Gasteiger partial charge in [-0.3, -0.25) is 10.1 Å². The van der Waals surface area contributed by atoms with Crippen molar-refractivity contribution in [3.63, 3.8) is 0 Å². The van der Waals surface area contributed by atoms with Crippen molar-refractivity contribution < 1.29 is 19.0 Å². The maximum atomic E-state index is 13.1. The number of aromatic nitrogens is 5. The van der Waals surface area contributed by atoms with Crippen LogP contribution in [0.1, 0.15) is 95.6 Å². The molecule has 2 N–H and O–H groups in total. The average Bonchev–Trinajstić information content (AvgIpc) is 4.03. The molecule has 4 aliphatic rings. The number of anilines is 2. The van der Waals surface area contributed by atoms with Gasteiger partial charge in [-0.25, -0.2) is 19.4 Å². The average molecular weight is 788 g/mol. The molecule has 1 spiro atoms. The van der Waals surface area contributed by atoms with Gasteiger partial charge in [-0.2, -0.15) is 15.6 Å². The summed E-state index contributed by atoms with van der Waals surface area (Å²) in [6.45, 7) is 3.83. The number of nitrogens with two attached hydrogens (primary N) is 1. The molecular weight excluding hydrogens is 747 g/mol. The summed E-state index contributed by atoms with van der Waals surface area (Å²) in [5.74, 6) is 0.429. The molecule has 57 heavy (non-hydrogen) atoms. The molecule has 16 nitrogen and oxygen atoms in total. The number of benzene rings is 1. The Morgan fingerprint density at radius 1 is 1.14 bits per heavy atom. The van der Waals surface area contributed by atoms with Gasteiger partial charge in [0.25, 0.3) is 5.69 Å². The van der Waals surface area contributed by atoms with Crippen molar-refractivity contribution in [2.24, 2.45) is 5.92 Å². The molecule has 4 aromatic heterocycles. The Morgan fingerprint density at radius 2 is 1.93 bits per heavy atom. The van der Waals surface area contributed by atoms with E-state index >= 15 is 0 Å². The summed E-state index contributed by atoms with van der Waals surface area (Å²) in [6.07, 6.45) is 8.66. The highest BCUT2D eigenvalue weighted by Gasteiger charge is 2.49. The summed E-state index contributed by atoms with van der Waals surface area (Å²) in [5.41, 5.74) is 9.63. The number of likely N-dealkylation sites (tertiary alicyclic amines) is 1. The molecule has 0 saturated carbocycles. The first-order valence-corrected chi connectivity index (χ1v) is 20.3. The van der Waals surface area contributed by atoms with E-state index in [0.29, 0.717) is 52.9 Å². The van der Waals surface area contributed by atoms with Crippen LogP contribution in [-0.2, 0) is 23.0 Å². The lowest BCUT2D eigenvalue weighted by Crippen LogP contribution is -2.45. The van der Waals surface area contributed by atoms with Crippen LogP contribution in [0.2, 0.25) is 0 Å². The monoisotopic (exact) mass is 787 g/mol. The summed E-state index contributed by atoms with van der Waals surface area (Å²) in [5, 5.41) is 42.6. The number of piperidine rings is 1. The number of carbonyl (C=O) groups is 1. The zero-order chi connectivity index (χ0) is 39.6. The predicted molar refractivity (Wildman–Crippen MR) is 210 cm³/mol. The highest BCUT2D eigenvalue weighted by atomic mass is 32.1. The molecule has 5 aromatic rings. The largest absolute Gasteiger partial charge is 0.457 e. The Bertz CT molecular complexity index is 2490. The van der Waals surface area contributed by atoms with Gasteiger partial charge >= 0.3 is 5.97 Å². The number of hydrogen-bond donors (Lipinski definition) is 1. The van der Waals surface area contributed by atoms with Crippen molar-refractivity contribution >= 4 is 44.8 Å². The smallest absolute Gasteiger partial charge is 0.338 e. The van der Waals surface area contributed by atoms with Gasteiger partial charge in [0.15, 0.2) is 22.9 Å². The molecule has 0 amide bonds. The van der Waals surface area contributed by atoms with Gasteiger partial charge in [0.05, 0.1) is 45.2 Å². The van der Waals surface area contributed by atoms with Gasteiger partial charge in [0.2, 0.25) is 0 Å². The maximum Gasteiger partial charge on any atom is 0.338 e. The van der Waals surface area contributed by atoms with Crippen LogP contribution in [0.25, 0.3) is 22.6 Å². The number of aryl methyl sites for hydroxylation is 1. The number of esters is 1. The Hall–Kier alpha value is -5.91. The van der Waals surface area contributed by atoms with E-state index in [2.05, 4.69) is 31.0 Å². The molecule has 17 heteroatoms. The second-order valence-corrected chi connectivity index (χ2v) is 16.9. The molecule has 6 heterocycles. The number of nitro benzene ring substituents is 1. The highest BCUT2D eigenvalue weighted by Crippen LogP contribution is 2.55. The number of carbonyl (C=O) groups excluding carboxylic acids is 1. The molecule has 0 unspecified atom stereocenters. The Labute approximate surface area is 332 Å². The second kappa shape index (κ2) is 14.2. The van der Waals surface area contributed by atoms with Gasteiger partial charge in [-0.1, -0.05) is 5.16 Å². The van der Waals surface area contributed by atoms with Crippen LogP contribution in [-0.4, -0.2) is 79.5 Å².